The van der Waals surface area contributed by atoms with Crippen LogP contribution in [0.25, 0.3) is 0 Å². The molecule has 0 amide bonds. The van der Waals surface area contributed by atoms with Crippen molar-refractivity contribution in [3.8, 4) is 0 Å². The summed E-state index contributed by atoms with van der Waals surface area (Å²) < 4.78 is 11.9. The number of likely N-dealkylation sites (tertiary alicyclic amines) is 1. The van der Waals surface area contributed by atoms with Crippen LogP contribution >= 0.6 is 0 Å². The van der Waals surface area contributed by atoms with Gasteiger partial charge in [0.05, 0.1) is 24.9 Å². The largest absolute Gasteiger partial charge is 0.393 e. The summed E-state index contributed by atoms with van der Waals surface area (Å²) in [6.45, 7) is 7.33. The Kier molecular flexibility index (Phi) is 8.02. The number of guanidine groups is 1. The highest BCUT2D eigenvalue weighted by atomic mass is 16.5. The van der Waals surface area contributed by atoms with Crippen molar-refractivity contribution in [1.29, 1.82) is 0 Å². The second-order valence-corrected chi connectivity index (χ2v) is 7.96. The fourth-order valence-electron chi connectivity index (χ4n) is 4.28. The Bertz CT molecular complexity index is 432. The normalized spacial score (nSPS) is 31.4. The molecular weight excluding hydrogens is 330 g/mol. The third-order valence-corrected chi connectivity index (χ3v) is 5.96. The van der Waals surface area contributed by atoms with Gasteiger partial charge in [-0.2, -0.15) is 0 Å². The van der Waals surface area contributed by atoms with E-state index >= 15 is 0 Å². The maximum absolute atomic E-state index is 10.0. The summed E-state index contributed by atoms with van der Waals surface area (Å²) in [5, 5.41) is 13.4. The summed E-state index contributed by atoms with van der Waals surface area (Å²) in [4.78, 5) is 7.17. The van der Waals surface area contributed by atoms with Crippen LogP contribution in [0.15, 0.2) is 4.99 Å². The first-order valence-electron chi connectivity index (χ1n) is 10.7. The predicted molar refractivity (Wildman–Crippen MR) is 103 cm³/mol. The number of aliphatic imine (C=N–C) groups is 1. The molecular formula is C20H37N3O3. The fourth-order valence-corrected chi connectivity index (χ4v) is 4.28. The van der Waals surface area contributed by atoms with Gasteiger partial charge in [0.1, 0.15) is 0 Å². The van der Waals surface area contributed by atoms with Gasteiger partial charge in [-0.25, -0.2) is 0 Å². The minimum Gasteiger partial charge on any atom is -0.393 e. The van der Waals surface area contributed by atoms with Crippen LogP contribution in [-0.2, 0) is 9.47 Å². The molecule has 0 spiro atoms. The van der Waals surface area contributed by atoms with Crippen molar-refractivity contribution in [3.05, 3.63) is 0 Å². The Morgan fingerprint density at radius 3 is 2.65 bits per heavy atom. The minimum atomic E-state index is -0.164. The summed E-state index contributed by atoms with van der Waals surface area (Å²) in [5.41, 5.74) is 0. The lowest BCUT2D eigenvalue weighted by Crippen LogP contribution is -2.47. The lowest BCUT2D eigenvalue weighted by molar-refractivity contribution is -0.0721. The zero-order chi connectivity index (χ0) is 18.2. The number of aliphatic hydroxyl groups excluding tert-OH is 1. The number of rotatable bonds is 6. The van der Waals surface area contributed by atoms with E-state index in [-0.39, 0.29) is 6.10 Å². The quantitative estimate of drug-likeness (QED) is 0.556. The van der Waals surface area contributed by atoms with Gasteiger partial charge in [-0.3, -0.25) is 4.99 Å². The van der Waals surface area contributed by atoms with Crippen LogP contribution in [0.4, 0.5) is 0 Å². The van der Waals surface area contributed by atoms with E-state index < -0.39 is 0 Å². The molecule has 3 unspecified atom stereocenters. The molecule has 6 heteroatoms. The number of hydrogen-bond donors (Lipinski definition) is 2. The molecule has 1 saturated carbocycles. The van der Waals surface area contributed by atoms with E-state index in [0.29, 0.717) is 18.1 Å². The molecule has 3 atom stereocenters. The van der Waals surface area contributed by atoms with Crippen LogP contribution < -0.4 is 5.32 Å². The number of hydrogen-bond acceptors (Lipinski definition) is 4. The van der Waals surface area contributed by atoms with E-state index in [1.807, 2.05) is 0 Å². The summed E-state index contributed by atoms with van der Waals surface area (Å²) in [6, 6.07) is 0. The van der Waals surface area contributed by atoms with Crippen molar-refractivity contribution in [1.82, 2.24) is 10.2 Å². The predicted octanol–water partition coefficient (Wildman–Crippen LogP) is 2.16. The van der Waals surface area contributed by atoms with Crippen molar-refractivity contribution in [2.24, 2.45) is 10.9 Å². The Labute approximate surface area is 158 Å². The third-order valence-electron chi connectivity index (χ3n) is 5.96. The number of piperidine rings is 1. The number of nitrogens with zero attached hydrogens (tertiary/aromatic N) is 2. The molecule has 2 heterocycles. The molecule has 26 heavy (non-hydrogen) atoms. The average Bonchev–Trinajstić information content (AvgIpc) is 3.10. The van der Waals surface area contributed by atoms with E-state index in [9.17, 15) is 5.11 Å². The molecule has 6 nitrogen and oxygen atoms in total. The number of nitrogens with one attached hydrogen (secondary N) is 1. The smallest absolute Gasteiger partial charge is 0.193 e. The van der Waals surface area contributed by atoms with Gasteiger partial charge >= 0.3 is 0 Å². The summed E-state index contributed by atoms with van der Waals surface area (Å²) in [6.07, 6.45) is 9.34. The van der Waals surface area contributed by atoms with Gasteiger partial charge in [-0.05, 0) is 51.9 Å². The van der Waals surface area contributed by atoms with Crippen LogP contribution in [0, 0.1) is 5.92 Å². The summed E-state index contributed by atoms with van der Waals surface area (Å²) >= 11 is 0. The maximum atomic E-state index is 10.0. The van der Waals surface area contributed by atoms with Crippen molar-refractivity contribution in [3.63, 3.8) is 0 Å². The van der Waals surface area contributed by atoms with Crippen LogP contribution in [0.2, 0.25) is 0 Å². The monoisotopic (exact) mass is 367 g/mol. The van der Waals surface area contributed by atoms with Crippen LogP contribution in [-0.4, -0.2) is 73.7 Å². The Hall–Kier alpha value is -0.850. The van der Waals surface area contributed by atoms with Crippen molar-refractivity contribution >= 4 is 5.96 Å². The lowest BCUT2D eigenvalue weighted by atomic mass is 10.1. The second kappa shape index (κ2) is 10.5. The fraction of sp³-hybridized carbons (Fsp3) is 0.950. The first kappa shape index (κ1) is 19.9. The Morgan fingerprint density at radius 1 is 1.15 bits per heavy atom. The molecule has 2 saturated heterocycles. The van der Waals surface area contributed by atoms with Gasteiger partial charge in [0.25, 0.3) is 0 Å². The van der Waals surface area contributed by atoms with E-state index in [4.69, 9.17) is 14.5 Å². The molecule has 0 radical (unpaired) electrons. The third kappa shape index (κ3) is 5.83. The molecule has 0 aromatic heterocycles. The molecule has 150 valence electrons. The van der Waals surface area contributed by atoms with Gasteiger partial charge in [0.15, 0.2) is 5.96 Å². The molecule has 3 rings (SSSR count). The van der Waals surface area contributed by atoms with E-state index in [1.165, 1.54) is 12.8 Å². The second-order valence-electron chi connectivity index (χ2n) is 7.96. The molecule has 3 fully saturated rings. The molecule has 1 aliphatic carbocycles. The van der Waals surface area contributed by atoms with Crippen LogP contribution in [0.5, 0.6) is 0 Å². The van der Waals surface area contributed by atoms with Crippen molar-refractivity contribution < 1.29 is 14.6 Å². The van der Waals surface area contributed by atoms with Gasteiger partial charge in [0, 0.05) is 38.7 Å². The SMILES string of the molecule is CCNC(=NCC1CCCC1O)N1CCC(OCC2CCCCO2)CC1. The Balaban J connectivity index is 1.41. The zero-order valence-electron chi connectivity index (χ0n) is 16.4. The molecule has 0 aromatic carbocycles. The maximum Gasteiger partial charge on any atom is 0.193 e. The Morgan fingerprint density at radius 2 is 2.00 bits per heavy atom. The van der Waals surface area contributed by atoms with Gasteiger partial charge in [-0.1, -0.05) is 6.42 Å². The first-order chi connectivity index (χ1) is 12.8. The van der Waals surface area contributed by atoms with E-state index in [2.05, 4.69) is 17.1 Å². The minimum absolute atomic E-state index is 0.164. The van der Waals surface area contributed by atoms with Gasteiger partial charge in [-0.15, -0.1) is 0 Å². The lowest BCUT2D eigenvalue weighted by Gasteiger charge is -2.35. The zero-order valence-corrected chi connectivity index (χ0v) is 16.4. The average molecular weight is 368 g/mol. The van der Waals surface area contributed by atoms with E-state index in [1.54, 1.807) is 0 Å². The van der Waals surface area contributed by atoms with Gasteiger partial charge in [0.2, 0.25) is 0 Å². The highest BCUT2D eigenvalue weighted by Crippen LogP contribution is 2.26. The first-order valence-corrected chi connectivity index (χ1v) is 10.7. The standard InChI is InChI=1S/C20H37N3O3/c1-2-21-20(22-14-16-6-5-8-19(16)24)23-11-9-17(10-12-23)26-15-18-7-3-4-13-25-18/h16-19,24H,2-15H2,1H3,(H,21,22). The number of aliphatic hydroxyl groups is 1. The van der Waals surface area contributed by atoms with Crippen molar-refractivity contribution in [2.45, 2.75) is 76.6 Å². The molecule has 0 aromatic rings. The topological polar surface area (TPSA) is 66.3 Å². The summed E-state index contributed by atoms with van der Waals surface area (Å²) in [5.74, 6) is 1.33. The summed E-state index contributed by atoms with van der Waals surface area (Å²) in [7, 11) is 0. The van der Waals surface area contributed by atoms with E-state index in [0.717, 1.165) is 83.9 Å². The highest BCUT2D eigenvalue weighted by Gasteiger charge is 2.26. The van der Waals surface area contributed by atoms with Crippen molar-refractivity contribution in [2.75, 3.05) is 39.4 Å². The molecule has 3 aliphatic rings. The molecule has 2 N–H and O–H groups in total. The highest BCUT2D eigenvalue weighted by molar-refractivity contribution is 5.80. The number of ether oxygens (including phenoxy) is 2. The molecule has 2 aliphatic heterocycles. The molecule has 0 bridgehead atoms. The van der Waals surface area contributed by atoms with Crippen LogP contribution in [0.3, 0.4) is 0 Å². The van der Waals surface area contributed by atoms with Crippen LogP contribution in [0.1, 0.15) is 58.3 Å². The van der Waals surface area contributed by atoms with Gasteiger partial charge < -0.3 is 24.8 Å².